The number of ether oxygens (including phenoxy) is 3. The lowest BCUT2D eigenvalue weighted by molar-refractivity contribution is -0.148. The van der Waals surface area contributed by atoms with Crippen LogP contribution in [0.1, 0.15) is 13.8 Å². The van der Waals surface area contributed by atoms with Crippen molar-refractivity contribution in [2.45, 2.75) is 24.8 Å². The van der Waals surface area contributed by atoms with E-state index in [4.69, 9.17) is 14.2 Å². The summed E-state index contributed by atoms with van der Waals surface area (Å²) < 4.78 is 42.5. The van der Waals surface area contributed by atoms with E-state index in [1.54, 1.807) is 38.1 Å². The van der Waals surface area contributed by atoms with Crippen molar-refractivity contribution >= 4 is 27.6 Å². The van der Waals surface area contributed by atoms with Gasteiger partial charge in [-0.1, -0.05) is 26.0 Å². The van der Waals surface area contributed by atoms with Crippen molar-refractivity contribution in [3.63, 3.8) is 0 Å². The van der Waals surface area contributed by atoms with E-state index >= 15 is 0 Å². The number of carbonyl (C=O) groups is 2. The molecular formula is C22H26N2O7S. The molecule has 1 unspecified atom stereocenters. The molecule has 1 atom stereocenters. The molecule has 1 heterocycles. The summed E-state index contributed by atoms with van der Waals surface area (Å²) in [4.78, 5) is 26.4. The first-order valence-electron chi connectivity index (χ1n) is 10.2. The molecule has 9 nitrogen and oxygen atoms in total. The quantitative estimate of drug-likeness (QED) is 0.553. The zero-order valence-corrected chi connectivity index (χ0v) is 19.0. The highest BCUT2D eigenvalue weighted by atomic mass is 32.2. The van der Waals surface area contributed by atoms with E-state index in [9.17, 15) is 18.0 Å². The van der Waals surface area contributed by atoms with E-state index in [1.165, 1.54) is 40.6 Å². The second kappa shape index (κ2) is 10.0. The predicted octanol–water partition coefficient (Wildman–Crippen LogP) is 2.06. The van der Waals surface area contributed by atoms with E-state index in [0.717, 1.165) is 0 Å². The number of anilines is 1. The number of fused-ring (bicyclic) bond motifs is 1. The number of benzene rings is 2. The Morgan fingerprint density at radius 3 is 2.38 bits per heavy atom. The molecule has 1 aliphatic heterocycles. The third kappa shape index (κ3) is 4.86. The number of hydrogen-bond donors (Lipinski definition) is 0. The molecule has 0 aromatic heterocycles. The number of rotatable bonds is 8. The average molecular weight is 463 g/mol. The molecule has 0 fully saturated rings. The fraction of sp³-hybridized carbons (Fsp3) is 0.364. The number of sulfonamides is 1. The summed E-state index contributed by atoms with van der Waals surface area (Å²) in [5, 5.41) is 0. The minimum Gasteiger partial charge on any atom is -0.484 e. The maximum absolute atomic E-state index is 12.9. The Labute approximate surface area is 187 Å². The van der Waals surface area contributed by atoms with E-state index in [-0.39, 0.29) is 24.0 Å². The molecule has 0 N–H and O–H groups in total. The van der Waals surface area contributed by atoms with Crippen LogP contribution in [0.4, 0.5) is 5.69 Å². The number of esters is 1. The fourth-order valence-electron chi connectivity index (χ4n) is 3.37. The van der Waals surface area contributed by atoms with Gasteiger partial charge in [0.2, 0.25) is 16.1 Å². The molecular weight excluding hydrogens is 436 g/mol. The lowest BCUT2D eigenvalue weighted by Gasteiger charge is -2.33. The minimum atomic E-state index is -3.57. The molecule has 1 amide bonds. The Hall–Kier alpha value is -3.11. The van der Waals surface area contributed by atoms with Crippen LogP contribution >= 0.6 is 0 Å². The Morgan fingerprint density at radius 1 is 1.09 bits per heavy atom. The number of nitrogens with zero attached hydrogens (tertiary/aromatic N) is 2. The van der Waals surface area contributed by atoms with Gasteiger partial charge in [-0.3, -0.25) is 4.79 Å². The van der Waals surface area contributed by atoms with E-state index in [1.807, 2.05) is 0 Å². The number of para-hydroxylation sites is 2. The van der Waals surface area contributed by atoms with Gasteiger partial charge in [0.15, 0.2) is 6.61 Å². The highest BCUT2D eigenvalue weighted by Crippen LogP contribution is 2.33. The van der Waals surface area contributed by atoms with Gasteiger partial charge in [0, 0.05) is 13.1 Å². The monoisotopic (exact) mass is 462 g/mol. The molecule has 32 heavy (non-hydrogen) atoms. The third-order valence-electron chi connectivity index (χ3n) is 5.07. The van der Waals surface area contributed by atoms with Crippen LogP contribution < -0.4 is 14.4 Å². The molecule has 0 saturated carbocycles. The van der Waals surface area contributed by atoms with E-state index < -0.39 is 22.1 Å². The average Bonchev–Trinajstić information content (AvgIpc) is 2.82. The summed E-state index contributed by atoms with van der Waals surface area (Å²) in [5.41, 5.74) is 0.530. The summed E-state index contributed by atoms with van der Waals surface area (Å²) in [5.74, 6) is -0.214. The van der Waals surface area contributed by atoms with Crippen molar-refractivity contribution in [1.82, 2.24) is 4.31 Å². The maximum Gasteiger partial charge on any atom is 0.348 e. The third-order valence-corrected chi connectivity index (χ3v) is 7.13. The van der Waals surface area contributed by atoms with Crippen molar-refractivity contribution < 1.29 is 32.2 Å². The highest BCUT2D eigenvalue weighted by Gasteiger charge is 2.34. The van der Waals surface area contributed by atoms with Crippen molar-refractivity contribution in [2.75, 3.05) is 38.3 Å². The Bertz CT molecular complexity index is 1070. The van der Waals surface area contributed by atoms with Crippen LogP contribution in [0.5, 0.6) is 11.5 Å². The van der Waals surface area contributed by atoms with Gasteiger partial charge in [0.05, 0.1) is 24.2 Å². The number of carbonyl (C=O) groups excluding carboxylic acids is 2. The lowest BCUT2D eigenvalue weighted by atomic mass is 10.2. The van der Waals surface area contributed by atoms with Gasteiger partial charge >= 0.3 is 5.97 Å². The number of hydrogen-bond acceptors (Lipinski definition) is 7. The van der Waals surface area contributed by atoms with Gasteiger partial charge < -0.3 is 19.1 Å². The van der Waals surface area contributed by atoms with Crippen molar-refractivity contribution in [3.05, 3.63) is 48.5 Å². The normalized spacial score (nSPS) is 15.6. The Balaban J connectivity index is 1.71. The summed E-state index contributed by atoms with van der Waals surface area (Å²) in [6.45, 7) is 3.99. The second-order valence-corrected chi connectivity index (χ2v) is 8.89. The largest absolute Gasteiger partial charge is 0.484 e. The van der Waals surface area contributed by atoms with Crippen LogP contribution in [-0.4, -0.2) is 64.1 Å². The molecule has 0 bridgehead atoms. The van der Waals surface area contributed by atoms with E-state index in [0.29, 0.717) is 30.3 Å². The van der Waals surface area contributed by atoms with Crippen LogP contribution in [-0.2, 0) is 24.3 Å². The van der Waals surface area contributed by atoms with Gasteiger partial charge in [-0.25, -0.2) is 13.2 Å². The van der Waals surface area contributed by atoms with Crippen LogP contribution in [0.25, 0.3) is 0 Å². The van der Waals surface area contributed by atoms with Gasteiger partial charge in [-0.15, -0.1) is 0 Å². The predicted molar refractivity (Wildman–Crippen MR) is 117 cm³/mol. The summed E-state index contributed by atoms with van der Waals surface area (Å²) in [6.07, 6.45) is -0.941. The standard InChI is InChI=1S/C22H26N2O7S/c1-4-23(5-2)32(27,28)17-12-10-16(11-13-17)30-15-21(25)24-14-20(22(26)29-3)31-19-9-7-6-8-18(19)24/h6-13,20H,4-5,14-15H2,1-3H3. The number of amides is 1. The molecule has 0 aliphatic carbocycles. The molecule has 0 saturated heterocycles. The first kappa shape index (κ1) is 23.6. The van der Waals surface area contributed by atoms with Crippen molar-refractivity contribution in [3.8, 4) is 11.5 Å². The summed E-state index contributed by atoms with van der Waals surface area (Å²) >= 11 is 0. The Morgan fingerprint density at radius 2 is 1.75 bits per heavy atom. The van der Waals surface area contributed by atoms with Crippen LogP contribution in [0.3, 0.4) is 0 Å². The van der Waals surface area contributed by atoms with Gasteiger partial charge in [0.25, 0.3) is 5.91 Å². The molecule has 172 valence electrons. The molecule has 10 heteroatoms. The number of methoxy groups -OCH3 is 1. The first-order valence-corrected chi connectivity index (χ1v) is 11.6. The molecule has 2 aromatic rings. The lowest BCUT2D eigenvalue weighted by Crippen LogP contribution is -2.48. The van der Waals surface area contributed by atoms with Crippen LogP contribution in [0, 0.1) is 0 Å². The van der Waals surface area contributed by atoms with Crippen LogP contribution in [0.2, 0.25) is 0 Å². The smallest absolute Gasteiger partial charge is 0.348 e. The summed E-state index contributed by atoms with van der Waals surface area (Å²) in [6, 6.07) is 12.8. The fourth-order valence-corrected chi connectivity index (χ4v) is 4.83. The molecule has 0 spiro atoms. The van der Waals surface area contributed by atoms with E-state index in [2.05, 4.69) is 0 Å². The zero-order chi connectivity index (χ0) is 23.3. The molecule has 3 rings (SSSR count). The SMILES string of the molecule is CCN(CC)S(=O)(=O)c1ccc(OCC(=O)N2CC(C(=O)OC)Oc3ccccc32)cc1. The molecule has 1 aliphatic rings. The highest BCUT2D eigenvalue weighted by molar-refractivity contribution is 7.89. The Kier molecular flexibility index (Phi) is 7.37. The molecule has 2 aromatic carbocycles. The minimum absolute atomic E-state index is 0.00701. The van der Waals surface area contributed by atoms with Gasteiger partial charge in [0.1, 0.15) is 11.5 Å². The van der Waals surface area contributed by atoms with Gasteiger partial charge in [-0.2, -0.15) is 4.31 Å². The topological polar surface area (TPSA) is 102 Å². The van der Waals surface area contributed by atoms with Crippen molar-refractivity contribution in [1.29, 1.82) is 0 Å². The van der Waals surface area contributed by atoms with Gasteiger partial charge in [-0.05, 0) is 36.4 Å². The van der Waals surface area contributed by atoms with Crippen molar-refractivity contribution in [2.24, 2.45) is 0 Å². The zero-order valence-electron chi connectivity index (χ0n) is 18.2. The second-order valence-electron chi connectivity index (χ2n) is 6.95. The van der Waals surface area contributed by atoms with Crippen LogP contribution in [0.15, 0.2) is 53.4 Å². The maximum atomic E-state index is 12.9. The molecule has 0 radical (unpaired) electrons. The summed E-state index contributed by atoms with van der Waals surface area (Å²) in [7, 11) is -2.32. The first-order chi connectivity index (χ1) is 15.3.